The predicted molar refractivity (Wildman–Crippen MR) is 69.5 cm³/mol. The smallest absolute Gasteiger partial charge is 0.263 e. The molecule has 0 atom stereocenters. The second kappa shape index (κ2) is 4.29. The molecule has 0 saturated carbocycles. The maximum atomic E-state index is 12.1. The Morgan fingerprint density at radius 2 is 2.28 bits per heavy atom. The number of allylic oxidation sites excluding steroid dienone is 1. The molecule has 5 heteroatoms. The summed E-state index contributed by atoms with van der Waals surface area (Å²) in [5.41, 5.74) is 5.29. The molecule has 5 nitrogen and oxygen atoms in total. The summed E-state index contributed by atoms with van der Waals surface area (Å²) in [7, 11) is 0. The first-order valence-electron chi connectivity index (χ1n) is 5.47. The third-order valence-corrected chi connectivity index (χ3v) is 2.66. The average Bonchev–Trinajstić information content (AvgIpc) is 2.83. The highest BCUT2D eigenvalue weighted by molar-refractivity contribution is 5.97. The van der Waals surface area contributed by atoms with E-state index in [1.54, 1.807) is 30.7 Å². The SMILES string of the molecule is O=C(c1ccc2c(c1)NN=CC=C2)n1ccnc1. The van der Waals surface area contributed by atoms with Gasteiger partial charge in [0.1, 0.15) is 6.33 Å². The minimum absolute atomic E-state index is 0.116. The molecule has 2 heterocycles. The van der Waals surface area contributed by atoms with Crippen LogP contribution in [0.4, 0.5) is 5.69 Å². The lowest BCUT2D eigenvalue weighted by Crippen LogP contribution is -2.10. The fourth-order valence-corrected chi connectivity index (χ4v) is 1.76. The Labute approximate surface area is 103 Å². The Kier molecular flexibility index (Phi) is 2.49. The van der Waals surface area contributed by atoms with Crippen molar-refractivity contribution in [3.63, 3.8) is 0 Å². The maximum absolute atomic E-state index is 12.1. The number of benzene rings is 1. The zero-order chi connectivity index (χ0) is 12.4. The molecular formula is C13H10N4O. The van der Waals surface area contributed by atoms with Crippen LogP contribution < -0.4 is 5.43 Å². The van der Waals surface area contributed by atoms with Crippen LogP contribution in [-0.2, 0) is 0 Å². The number of nitrogens with one attached hydrogen (secondary N) is 1. The molecule has 0 unspecified atom stereocenters. The van der Waals surface area contributed by atoms with Gasteiger partial charge in [0, 0.05) is 24.2 Å². The van der Waals surface area contributed by atoms with Gasteiger partial charge < -0.3 is 0 Å². The number of nitrogens with zero attached hydrogens (tertiary/aromatic N) is 3. The van der Waals surface area contributed by atoms with Crippen molar-refractivity contribution in [1.29, 1.82) is 0 Å². The third kappa shape index (κ3) is 1.82. The first-order valence-corrected chi connectivity index (χ1v) is 5.47. The van der Waals surface area contributed by atoms with E-state index in [9.17, 15) is 4.79 Å². The molecule has 0 aliphatic carbocycles. The Hall–Kier alpha value is -2.69. The maximum Gasteiger partial charge on any atom is 0.263 e. The van der Waals surface area contributed by atoms with Gasteiger partial charge in [-0.15, -0.1) is 0 Å². The van der Waals surface area contributed by atoms with Gasteiger partial charge in [0.25, 0.3) is 5.91 Å². The first kappa shape index (κ1) is 10.5. The number of anilines is 1. The molecule has 1 N–H and O–H groups in total. The van der Waals surface area contributed by atoms with Gasteiger partial charge >= 0.3 is 0 Å². The summed E-state index contributed by atoms with van der Waals surface area (Å²) >= 11 is 0. The number of rotatable bonds is 1. The minimum atomic E-state index is -0.116. The number of imidazole rings is 1. The highest BCUT2D eigenvalue weighted by Crippen LogP contribution is 2.21. The van der Waals surface area contributed by atoms with Crippen molar-refractivity contribution < 1.29 is 4.79 Å². The zero-order valence-electron chi connectivity index (χ0n) is 9.45. The number of hydrogen-bond donors (Lipinski definition) is 1. The second-order valence-corrected chi connectivity index (χ2v) is 3.83. The van der Waals surface area contributed by atoms with Gasteiger partial charge in [-0.05, 0) is 23.8 Å². The summed E-state index contributed by atoms with van der Waals surface area (Å²) in [5, 5.41) is 3.98. The molecular weight excluding hydrogens is 228 g/mol. The van der Waals surface area contributed by atoms with Gasteiger partial charge in [-0.3, -0.25) is 14.8 Å². The zero-order valence-corrected chi connectivity index (χ0v) is 9.45. The lowest BCUT2D eigenvalue weighted by molar-refractivity contribution is 0.0960. The molecule has 0 bridgehead atoms. The summed E-state index contributed by atoms with van der Waals surface area (Å²) in [5.74, 6) is -0.116. The van der Waals surface area contributed by atoms with Crippen LogP contribution in [-0.4, -0.2) is 21.7 Å². The van der Waals surface area contributed by atoms with Crippen molar-refractivity contribution in [2.45, 2.75) is 0 Å². The van der Waals surface area contributed by atoms with Gasteiger partial charge in [-0.1, -0.05) is 12.1 Å². The van der Waals surface area contributed by atoms with E-state index in [1.807, 2.05) is 18.2 Å². The number of carbonyl (C=O) groups is 1. The van der Waals surface area contributed by atoms with Gasteiger partial charge in [-0.2, -0.15) is 5.10 Å². The van der Waals surface area contributed by atoms with E-state index in [0.717, 1.165) is 11.3 Å². The van der Waals surface area contributed by atoms with Crippen LogP contribution in [0.3, 0.4) is 0 Å². The van der Waals surface area contributed by atoms with Crippen molar-refractivity contribution >= 4 is 23.9 Å². The number of hydrogen-bond acceptors (Lipinski definition) is 4. The normalized spacial score (nSPS) is 12.7. The molecule has 1 aliphatic heterocycles. The third-order valence-electron chi connectivity index (χ3n) is 2.66. The van der Waals surface area contributed by atoms with Crippen LogP contribution in [0.25, 0.3) is 6.08 Å². The number of fused-ring (bicyclic) bond motifs is 1. The van der Waals surface area contributed by atoms with Crippen molar-refractivity contribution in [3.05, 3.63) is 54.1 Å². The average molecular weight is 238 g/mol. The van der Waals surface area contributed by atoms with Crippen molar-refractivity contribution in [3.8, 4) is 0 Å². The van der Waals surface area contributed by atoms with Crippen LogP contribution in [0.15, 0.2) is 48.1 Å². The van der Waals surface area contributed by atoms with Crippen molar-refractivity contribution in [1.82, 2.24) is 9.55 Å². The predicted octanol–water partition coefficient (Wildman–Crippen LogP) is 2.00. The molecule has 0 amide bonds. The molecule has 0 radical (unpaired) electrons. The molecule has 0 spiro atoms. The van der Waals surface area contributed by atoms with Crippen molar-refractivity contribution in [2.75, 3.05) is 5.43 Å². The molecule has 1 aliphatic rings. The van der Waals surface area contributed by atoms with Gasteiger partial charge in [-0.25, -0.2) is 4.98 Å². The Morgan fingerprint density at radius 1 is 1.33 bits per heavy atom. The fraction of sp³-hybridized carbons (Fsp3) is 0. The highest BCUT2D eigenvalue weighted by atomic mass is 16.2. The minimum Gasteiger partial charge on any atom is -0.278 e. The summed E-state index contributed by atoms with van der Waals surface area (Å²) in [6.07, 6.45) is 10.1. The van der Waals surface area contributed by atoms with Gasteiger partial charge in [0.15, 0.2) is 0 Å². The first-order chi connectivity index (χ1) is 8.84. The summed E-state index contributed by atoms with van der Waals surface area (Å²) in [4.78, 5) is 16.0. The summed E-state index contributed by atoms with van der Waals surface area (Å²) in [6, 6.07) is 5.46. The molecule has 0 fully saturated rings. The summed E-state index contributed by atoms with van der Waals surface area (Å²) in [6.45, 7) is 0. The Bertz CT molecular complexity index is 641. The molecule has 0 saturated heterocycles. The van der Waals surface area contributed by atoms with E-state index in [1.165, 1.54) is 10.9 Å². The molecule has 3 rings (SSSR count). The number of carbonyl (C=O) groups excluding carboxylic acids is 1. The van der Waals surface area contributed by atoms with Crippen LogP contribution in [0.5, 0.6) is 0 Å². The standard InChI is InChI=1S/C13H10N4O/c18-13(17-7-6-14-9-17)11-4-3-10-2-1-5-15-16-12(10)8-11/h1-9,16H. The lowest BCUT2D eigenvalue weighted by Gasteiger charge is -2.07. The molecule has 88 valence electrons. The summed E-state index contributed by atoms with van der Waals surface area (Å²) < 4.78 is 1.44. The highest BCUT2D eigenvalue weighted by Gasteiger charge is 2.10. The molecule has 1 aromatic carbocycles. The number of hydrazone groups is 1. The monoisotopic (exact) mass is 238 g/mol. The van der Waals surface area contributed by atoms with Crippen LogP contribution in [0.1, 0.15) is 15.9 Å². The van der Waals surface area contributed by atoms with Crippen molar-refractivity contribution in [2.24, 2.45) is 5.10 Å². The van der Waals surface area contributed by atoms with Crippen LogP contribution in [0, 0.1) is 0 Å². The van der Waals surface area contributed by atoms with Crippen LogP contribution in [0.2, 0.25) is 0 Å². The van der Waals surface area contributed by atoms with E-state index in [4.69, 9.17) is 0 Å². The Balaban J connectivity index is 2.00. The van der Waals surface area contributed by atoms with E-state index in [-0.39, 0.29) is 5.91 Å². The van der Waals surface area contributed by atoms with Gasteiger partial charge in [0.2, 0.25) is 0 Å². The van der Waals surface area contributed by atoms with E-state index >= 15 is 0 Å². The number of aromatic nitrogens is 2. The topological polar surface area (TPSA) is 59.3 Å². The van der Waals surface area contributed by atoms with E-state index in [2.05, 4.69) is 15.5 Å². The fourth-order valence-electron chi connectivity index (χ4n) is 1.76. The largest absolute Gasteiger partial charge is 0.278 e. The Morgan fingerprint density at radius 3 is 3.11 bits per heavy atom. The second-order valence-electron chi connectivity index (χ2n) is 3.83. The molecule has 18 heavy (non-hydrogen) atoms. The van der Waals surface area contributed by atoms with E-state index < -0.39 is 0 Å². The van der Waals surface area contributed by atoms with Crippen LogP contribution >= 0.6 is 0 Å². The quantitative estimate of drug-likeness (QED) is 0.826. The van der Waals surface area contributed by atoms with Gasteiger partial charge in [0.05, 0.1) is 5.69 Å². The molecule has 1 aromatic heterocycles. The molecule has 2 aromatic rings. The lowest BCUT2D eigenvalue weighted by atomic mass is 10.1. The van der Waals surface area contributed by atoms with E-state index in [0.29, 0.717) is 5.56 Å².